The smallest absolute Gasteiger partial charge is 0.0145 e. The Bertz CT molecular complexity index is 234. The second-order valence-corrected chi connectivity index (χ2v) is 6.30. The van der Waals surface area contributed by atoms with Crippen molar-refractivity contribution in [1.29, 1.82) is 0 Å². The normalized spacial score (nSPS) is 37.0. The fourth-order valence-electron chi connectivity index (χ4n) is 3.39. The van der Waals surface area contributed by atoms with E-state index in [4.69, 9.17) is 0 Å². The fourth-order valence-corrected chi connectivity index (χ4v) is 3.62. The number of piperazine rings is 1. The largest absolute Gasteiger partial charge is 0.316 e. The van der Waals surface area contributed by atoms with Crippen LogP contribution in [-0.4, -0.2) is 54.9 Å². The van der Waals surface area contributed by atoms with Crippen LogP contribution in [0.1, 0.15) is 19.3 Å². The lowest BCUT2D eigenvalue weighted by molar-refractivity contribution is 0.115. The summed E-state index contributed by atoms with van der Waals surface area (Å²) in [5.41, 5.74) is 0.711. The SMILES string of the molecule is PN1CCN([C@@H]2CCC3(CNC3)C2)CC1. The molecule has 0 amide bonds. The van der Waals surface area contributed by atoms with Gasteiger partial charge in [-0.1, -0.05) is 9.39 Å². The third-order valence-corrected chi connectivity index (χ3v) is 5.06. The molecule has 4 heteroatoms. The van der Waals surface area contributed by atoms with Crippen LogP contribution in [0.3, 0.4) is 0 Å². The van der Waals surface area contributed by atoms with E-state index in [1.807, 2.05) is 0 Å². The summed E-state index contributed by atoms with van der Waals surface area (Å²) in [6.45, 7) is 7.58. The second-order valence-electron chi connectivity index (χ2n) is 5.57. The molecule has 1 spiro atoms. The first-order valence-corrected chi connectivity index (χ1v) is 6.74. The molecular weight excluding hydrogens is 205 g/mol. The Kier molecular flexibility index (Phi) is 2.76. The van der Waals surface area contributed by atoms with E-state index in [9.17, 15) is 0 Å². The number of rotatable bonds is 1. The highest BCUT2D eigenvalue weighted by molar-refractivity contribution is 7.13. The first-order chi connectivity index (χ1) is 7.27. The van der Waals surface area contributed by atoms with E-state index in [0.717, 1.165) is 6.04 Å². The van der Waals surface area contributed by atoms with Gasteiger partial charge < -0.3 is 5.32 Å². The molecular formula is C11H22N3P. The van der Waals surface area contributed by atoms with Gasteiger partial charge in [0.25, 0.3) is 0 Å². The fraction of sp³-hybridized carbons (Fsp3) is 1.00. The highest BCUT2D eigenvalue weighted by Gasteiger charge is 2.45. The van der Waals surface area contributed by atoms with Crippen LogP contribution in [0.4, 0.5) is 0 Å². The molecule has 3 aliphatic rings. The van der Waals surface area contributed by atoms with Crippen LogP contribution in [0.5, 0.6) is 0 Å². The highest BCUT2D eigenvalue weighted by Crippen LogP contribution is 2.43. The predicted molar refractivity (Wildman–Crippen MR) is 65.8 cm³/mol. The molecule has 1 aliphatic carbocycles. The Morgan fingerprint density at radius 3 is 2.40 bits per heavy atom. The minimum absolute atomic E-state index is 0.711. The van der Waals surface area contributed by atoms with Gasteiger partial charge in [-0.15, -0.1) is 0 Å². The summed E-state index contributed by atoms with van der Waals surface area (Å²) < 4.78 is 2.37. The van der Waals surface area contributed by atoms with Crippen LogP contribution in [-0.2, 0) is 0 Å². The third-order valence-electron chi connectivity index (χ3n) is 4.54. The predicted octanol–water partition coefficient (Wildman–Crippen LogP) is 0.536. The molecule has 15 heavy (non-hydrogen) atoms. The van der Waals surface area contributed by atoms with E-state index < -0.39 is 0 Å². The van der Waals surface area contributed by atoms with Crippen molar-refractivity contribution in [2.45, 2.75) is 25.3 Å². The van der Waals surface area contributed by atoms with Crippen LogP contribution < -0.4 is 5.32 Å². The number of nitrogens with one attached hydrogen (secondary N) is 1. The Morgan fingerprint density at radius 2 is 1.87 bits per heavy atom. The van der Waals surface area contributed by atoms with Crippen LogP contribution in [0.15, 0.2) is 0 Å². The molecule has 2 atom stereocenters. The molecule has 86 valence electrons. The summed E-state index contributed by atoms with van der Waals surface area (Å²) in [6, 6.07) is 0.894. The molecule has 1 N–H and O–H groups in total. The molecule has 0 aromatic heterocycles. The zero-order valence-electron chi connectivity index (χ0n) is 9.41. The number of hydrogen-bond donors (Lipinski definition) is 1. The summed E-state index contributed by atoms with van der Waals surface area (Å²) >= 11 is 0. The maximum absolute atomic E-state index is 3.44. The summed E-state index contributed by atoms with van der Waals surface area (Å²) in [5, 5.41) is 3.44. The van der Waals surface area contributed by atoms with Gasteiger partial charge in [-0.25, -0.2) is 0 Å². The van der Waals surface area contributed by atoms with Crippen LogP contribution in [0, 0.1) is 5.41 Å². The molecule has 3 rings (SSSR count). The standard InChI is InChI=1S/C11H22N3P/c15-14-5-3-13(4-6-14)10-1-2-11(7-10)8-12-9-11/h10,12H,1-9,15H2/t10-/m1/s1. The van der Waals surface area contributed by atoms with Gasteiger partial charge in [0.2, 0.25) is 0 Å². The van der Waals surface area contributed by atoms with Crippen LogP contribution in [0.2, 0.25) is 0 Å². The molecule has 3 nitrogen and oxygen atoms in total. The van der Waals surface area contributed by atoms with Gasteiger partial charge in [-0.05, 0) is 24.7 Å². The molecule has 0 aromatic rings. The molecule has 0 bridgehead atoms. The van der Waals surface area contributed by atoms with Gasteiger partial charge >= 0.3 is 0 Å². The Labute approximate surface area is 94.8 Å². The summed E-state index contributed by atoms with van der Waals surface area (Å²) in [4.78, 5) is 2.73. The monoisotopic (exact) mass is 227 g/mol. The lowest BCUT2D eigenvalue weighted by Crippen LogP contribution is -2.53. The van der Waals surface area contributed by atoms with E-state index in [1.165, 1.54) is 58.5 Å². The minimum Gasteiger partial charge on any atom is -0.316 e. The molecule has 3 fully saturated rings. The average Bonchev–Trinajstić information content (AvgIpc) is 2.63. The average molecular weight is 227 g/mol. The van der Waals surface area contributed by atoms with Crippen molar-refractivity contribution < 1.29 is 0 Å². The van der Waals surface area contributed by atoms with Crippen LogP contribution in [0.25, 0.3) is 0 Å². The highest BCUT2D eigenvalue weighted by atomic mass is 31.0. The van der Waals surface area contributed by atoms with Gasteiger partial charge in [0.1, 0.15) is 0 Å². The maximum Gasteiger partial charge on any atom is 0.0145 e. The topological polar surface area (TPSA) is 18.5 Å². The Morgan fingerprint density at radius 1 is 1.13 bits per heavy atom. The van der Waals surface area contributed by atoms with Crippen LogP contribution >= 0.6 is 9.39 Å². The van der Waals surface area contributed by atoms with Gasteiger partial charge in [0.15, 0.2) is 0 Å². The number of hydrogen-bond acceptors (Lipinski definition) is 3. The minimum atomic E-state index is 0.711. The van der Waals surface area contributed by atoms with Gasteiger partial charge in [0.05, 0.1) is 0 Å². The lowest BCUT2D eigenvalue weighted by atomic mass is 9.80. The molecule has 2 saturated heterocycles. The van der Waals surface area contributed by atoms with Crippen molar-refractivity contribution in [3.05, 3.63) is 0 Å². The Balaban J connectivity index is 1.55. The van der Waals surface area contributed by atoms with E-state index in [2.05, 4.69) is 24.3 Å². The van der Waals surface area contributed by atoms with Crippen molar-refractivity contribution in [2.24, 2.45) is 5.41 Å². The van der Waals surface area contributed by atoms with E-state index >= 15 is 0 Å². The first kappa shape index (κ1) is 10.5. The van der Waals surface area contributed by atoms with Crippen molar-refractivity contribution >= 4 is 9.39 Å². The van der Waals surface area contributed by atoms with Gasteiger partial charge in [-0.3, -0.25) is 9.57 Å². The molecule has 2 aliphatic heterocycles. The Hall–Kier alpha value is 0.310. The zero-order valence-corrected chi connectivity index (χ0v) is 10.6. The summed E-state index contributed by atoms with van der Waals surface area (Å²) in [6.07, 6.45) is 4.36. The van der Waals surface area contributed by atoms with Crippen molar-refractivity contribution in [3.8, 4) is 0 Å². The molecule has 1 unspecified atom stereocenters. The van der Waals surface area contributed by atoms with E-state index in [0.29, 0.717) is 5.41 Å². The molecule has 0 aromatic carbocycles. The van der Waals surface area contributed by atoms with E-state index in [-0.39, 0.29) is 0 Å². The second kappa shape index (κ2) is 3.96. The quantitative estimate of drug-likeness (QED) is 0.660. The molecule has 0 radical (unpaired) electrons. The van der Waals surface area contributed by atoms with E-state index in [1.54, 1.807) is 0 Å². The van der Waals surface area contributed by atoms with Gasteiger partial charge in [-0.2, -0.15) is 0 Å². The molecule has 2 heterocycles. The molecule has 1 saturated carbocycles. The first-order valence-electron chi connectivity index (χ1n) is 6.22. The van der Waals surface area contributed by atoms with Crippen molar-refractivity contribution in [1.82, 2.24) is 14.9 Å². The lowest BCUT2D eigenvalue weighted by Gasteiger charge is -2.41. The summed E-state index contributed by atoms with van der Waals surface area (Å²) in [5.74, 6) is 0. The van der Waals surface area contributed by atoms with Gasteiger partial charge in [0, 0.05) is 45.3 Å². The third kappa shape index (κ3) is 1.95. The maximum atomic E-state index is 3.44. The summed E-state index contributed by atoms with van der Waals surface area (Å²) in [7, 11) is 2.83. The van der Waals surface area contributed by atoms with Crippen molar-refractivity contribution in [3.63, 3.8) is 0 Å². The number of nitrogens with zero attached hydrogens (tertiary/aromatic N) is 2. The zero-order chi connectivity index (χ0) is 10.3. The van der Waals surface area contributed by atoms with Crippen molar-refractivity contribution in [2.75, 3.05) is 39.3 Å².